The summed E-state index contributed by atoms with van der Waals surface area (Å²) in [5.41, 5.74) is 7.17. The molecule has 1 heterocycles. The van der Waals surface area contributed by atoms with Gasteiger partial charge in [0, 0.05) is 11.3 Å². The Labute approximate surface area is 186 Å². The van der Waals surface area contributed by atoms with Crippen molar-refractivity contribution in [3.63, 3.8) is 0 Å². The zero-order valence-corrected chi connectivity index (χ0v) is 18.5. The summed E-state index contributed by atoms with van der Waals surface area (Å²) >= 11 is 0. The smallest absolute Gasteiger partial charge is 0.269 e. The summed E-state index contributed by atoms with van der Waals surface area (Å²) in [6.07, 6.45) is 1.45. The van der Waals surface area contributed by atoms with Gasteiger partial charge in [-0.2, -0.15) is 0 Å². The van der Waals surface area contributed by atoms with Gasteiger partial charge in [0.2, 0.25) is 10.0 Å². The highest BCUT2D eigenvalue weighted by Gasteiger charge is 2.18. The largest absolute Gasteiger partial charge is 0.468 e. The molecule has 0 aliphatic heterocycles. The van der Waals surface area contributed by atoms with E-state index in [4.69, 9.17) is 4.42 Å². The SMILES string of the molecule is Cc1ccc(NCC(=O)NNC(=O)c2cc(S(=O)(=O)NCc3ccco3)ccc2C)cc1. The maximum Gasteiger partial charge on any atom is 0.269 e. The van der Waals surface area contributed by atoms with Crippen LogP contribution in [-0.2, 0) is 21.4 Å². The molecule has 168 valence electrons. The van der Waals surface area contributed by atoms with Gasteiger partial charge in [-0.1, -0.05) is 23.8 Å². The van der Waals surface area contributed by atoms with Gasteiger partial charge in [0.1, 0.15) is 5.76 Å². The molecule has 0 bridgehead atoms. The van der Waals surface area contributed by atoms with Gasteiger partial charge in [0.25, 0.3) is 11.8 Å². The number of hydrazine groups is 1. The van der Waals surface area contributed by atoms with Crippen molar-refractivity contribution in [2.45, 2.75) is 25.3 Å². The predicted molar refractivity (Wildman–Crippen MR) is 119 cm³/mol. The number of carbonyl (C=O) groups is 2. The lowest BCUT2D eigenvalue weighted by Gasteiger charge is -2.12. The lowest BCUT2D eigenvalue weighted by Crippen LogP contribution is -2.44. The number of furan rings is 1. The molecule has 0 saturated carbocycles. The number of nitrogens with one attached hydrogen (secondary N) is 4. The number of amides is 2. The predicted octanol–water partition coefficient (Wildman–Crippen LogP) is 2.25. The molecule has 0 aliphatic carbocycles. The van der Waals surface area contributed by atoms with Gasteiger partial charge in [0.15, 0.2) is 0 Å². The molecule has 3 aromatic rings. The van der Waals surface area contributed by atoms with E-state index in [2.05, 4.69) is 20.9 Å². The minimum Gasteiger partial charge on any atom is -0.468 e. The number of sulfonamides is 1. The lowest BCUT2D eigenvalue weighted by atomic mass is 10.1. The highest BCUT2D eigenvalue weighted by Crippen LogP contribution is 2.16. The van der Waals surface area contributed by atoms with Crippen molar-refractivity contribution >= 4 is 27.5 Å². The third-order valence-corrected chi connectivity index (χ3v) is 6.00. The van der Waals surface area contributed by atoms with Crippen molar-refractivity contribution in [1.29, 1.82) is 0 Å². The molecule has 2 aromatic carbocycles. The van der Waals surface area contributed by atoms with E-state index in [9.17, 15) is 18.0 Å². The average Bonchev–Trinajstić information content (AvgIpc) is 3.30. The van der Waals surface area contributed by atoms with Crippen molar-refractivity contribution in [2.24, 2.45) is 0 Å². The molecular weight excluding hydrogens is 432 g/mol. The standard InChI is InChI=1S/C22H24N4O5S/c1-15-5-8-17(9-6-15)23-14-21(27)25-26-22(28)20-12-19(10-7-16(20)2)32(29,30)24-13-18-4-3-11-31-18/h3-12,23-24H,13-14H2,1-2H3,(H,25,27)(H,26,28). The first-order valence-electron chi connectivity index (χ1n) is 9.77. The summed E-state index contributed by atoms with van der Waals surface area (Å²) in [6, 6.07) is 15.0. The summed E-state index contributed by atoms with van der Waals surface area (Å²) in [4.78, 5) is 24.5. The molecule has 2 amide bonds. The molecule has 4 N–H and O–H groups in total. The van der Waals surface area contributed by atoms with Crippen LogP contribution in [0, 0.1) is 13.8 Å². The molecular formula is C22H24N4O5S. The van der Waals surface area contributed by atoms with E-state index in [1.807, 2.05) is 31.2 Å². The van der Waals surface area contributed by atoms with Gasteiger partial charge in [-0.15, -0.1) is 0 Å². The molecule has 9 nitrogen and oxygen atoms in total. The topological polar surface area (TPSA) is 130 Å². The van der Waals surface area contributed by atoms with Crippen LogP contribution in [0.5, 0.6) is 0 Å². The van der Waals surface area contributed by atoms with E-state index in [1.165, 1.54) is 24.5 Å². The first kappa shape index (κ1) is 23.0. The van der Waals surface area contributed by atoms with Crippen molar-refractivity contribution in [2.75, 3.05) is 11.9 Å². The minimum atomic E-state index is -3.87. The van der Waals surface area contributed by atoms with Crippen molar-refractivity contribution < 1.29 is 22.4 Å². The third-order valence-electron chi connectivity index (χ3n) is 4.60. The van der Waals surface area contributed by atoms with E-state index in [0.29, 0.717) is 11.3 Å². The van der Waals surface area contributed by atoms with E-state index in [-0.39, 0.29) is 23.5 Å². The summed E-state index contributed by atoms with van der Waals surface area (Å²) in [5.74, 6) is -0.629. The monoisotopic (exact) mass is 456 g/mol. The van der Waals surface area contributed by atoms with Crippen LogP contribution in [0.4, 0.5) is 5.69 Å². The van der Waals surface area contributed by atoms with Gasteiger partial charge in [-0.05, 0) is 55.8 Å². The first-order chi connectivity index (χ1) is 15.2. The van der Waals surface area contributed by atoms with Crippen molar-refractivity contribution in [1.82, 2.24) is 15.6 Å². The number of aryl methyl sites for hydroxylation is 2. The summed E-state index contributed by atoms with van der Waals surface area (Å²) in [5, 5.41) is 2.94. The van der Waals surface area contributed by atoms with Crippen molar-refractivity contribution in [3.8, 4) is 0 Å². The molecule has 0 spiro atoms. The van der Waals surface area contributed by atoms with Crippen LogP contribution in [0.2, 0.25) is 0 Å². The van der Waals surface area contributed by atoms with Gasteiger partial charge >= 0.3 is 0 Å². The summed E-state index contributed by atoms with van der Waals surface area (Å²) in [7, 11) is -3.87. The van der Waals surface area contributed by atoms with Gasteiger partial charge in [-0.3, -0.25) is 20.4 Å². The van der Waals surface area contributed by atoms with E-state index >= 15 is 0 Å². The Balaban J connectivity index is 1.58. The number of hydrogen-bond donors (Lipinski definition) is 4. The van der Waals surface area contributed by atoms with Crippen LogP contribution in [0.1, 0.15) is 27.2 Å². The Morgan fingerprint density at radius 1 is 0.969 bits per heavy atom. The molecule has 0 fully saturated rings. The highest BCUT2D eigenvalue weighted by molar-refractivity contribution is 7.89. The number of hydrogen-bond acceptors (Lipinski definition) is 6. The van der Waals surface area contributed by atoms with E-state index < -0.39 is 21.8 Å². The van der Waals surface area contributed by atoms with Gasteiger partial charge in [0.05, 0.1) is 24.2 Å². The Kier molecular flexibility index (Phi) is 7.29. The molecule has 0 unspecified atom stereocenters. The van der Waals surface area contributed by atoms with Gasteiger partial charge in [-0.25, -0.2) is 13.1 Å². The average molecular weight is 457 g/mol. The van der Waals surface area contributed by atoms with Crippen LogP contribution in [-0.4, -0.2) is 26.8 Å². The molecule has 0 atom stereocenters. The highest BCUT2D eigenvalue weighted by atomic mass is 32.2. The lowest BCUT2D eigenvalue weighted by molar-refractivity contribution is -0.120. The second kappa shape index (κ2) is 10.1. The first-order valence-corrected chi connectivity index (χ1v) is 11.3. The Hall–Kier alpha value is -3.63. The molecule has 0 radical (unpaired) electrons. The zero-order chi connectivity index (χ0) is 23.1. The second-order valence-corrected chi connectivity index (χ2v) is 8.87. The molecule has 32 heavy (non-hydrogen) atoms. The van der Waals surface area contributed by atoms with Crippen LogP contribution in [0.3, 0.4) is 0 Å². The molecule has 1 aromatic heterocycles. The fraction of sp³-hybridized carbons (Fsp3) is 0.182. The van der Waals surface area contributed by atoms with Crippen molar-refractivity contribution in [3.05, 3.63) is 83.3 Å². The third kappa shape index (κ3) is 6.19. The molecule has 3 rings (SSSR count). The Bertz CT molecular complexity index is 1190. The van der Waals surface area contributed by atoms with Gasteiger partial charge < -0.3 is 9.73 Å². The van der Waals surface area contributed by atoms with E-state index in [1.54, 1.807) is 19.1 Å². The number of anilines is 1. The number of carbonyl (C=O) groups excluding carboxylic acids is 2. The zero-order valence-electron chi connectivity index (χ0n) is 17.6. The Morgan fingerprint density at radius 2 is 1.72 bits per heavy atom. The molecule has 10 heteroatoms. The summed E-state index contributed by atoms with van der Waals surface area (Å²) < 4.78 is 32.7. The molecule has 0 saturated heterocycles. The number of rotatable bonds is 8. The minimum absolute atomic E-state index is 0.0191. The summed E-state index contributed by atoms with van der Waals surface area (Å²) in [6.45, 7) is 3.56. The van der Waals surface area contributed by atoms with Crippen LogP contribution < -0.4 is 20.9 Å². The number of benzene rings is 2. The Morgan fingerprint density at radius 3 is 2.41 bits per heavy atom. The maximum absolute atomic E-state index is 12.6. The van der Waals surface area contributed by atoms with E-state index in [0.717, 1.165) is 11.3 Å². The van der Waals surface area contributed by atoms with Crippen LogP contribution >= 0.6 is 0 Å². The quantitative estimate of drug-likeness (QED) is 0.385. The second-order valence-electron chi connectivity index (χ2n) is 7.10. The van der Waals surface area contributed by atoms with Crippen LogP contribution in [0.15, 0.2) is 70.2 Å². The maximum atomic E-state index is 12.6. The van der Waals surface area contributed by atoms with Crippen LogP contribution in [0.25, 0.3) is 0 Å². The normalized spacial score (nSPS) is 11.1. The fourth-order valence-corrected chi connectivity index (χ4v) is 3.79. The fourth-order valence-electron chi connectivity index (χ4n) is 2.77. The molecule has 0 aliphatic rings.